The van der Waals surface area contributed by atoms with E-state index >= 15 is 0 Å². The lowest BCUT2D eigenvalue weighted by Gasteiger charge is -2.04. The van der Waals surface area contributed by atoms with Gasteiger partial charge in [0.1, 0.15) is 11.6 Å². The fourth-order valence-corrected chi connectivity index (χ4v) is 1.41. The average Bonchev–Trinajstić information content (AvgIpc) is 2.06. The van der Waals surface area contributed by atoms with Crippen molar-refractivity contribution < 1.29 is 8.78 Å². The van der Waals surface area contributed by atoms with Crippen LogP contribution in [0.15, 0.2) is 12.1 Å². The summed E-state index contributed by atoms with van der Waals surface area (Å²) in [7, 11) is 1.65. The monoisotopic (exact) mass is 283 g/mol. The van der Waals surface area contributed by atoms with Gasteiger partial charge in [0.15, 0.2) is 0 Å². The van der Waals surface area contributed by atoms with Gasteiger partial charge in [-0.15, -0.1) is 0 Å². The Kier molecular flexibility index (Phi) is 3.39. The molecule has 0 aromatic heterocycles. The summed E-state index contributed by atoms with van der Waals surface area (Å²) in [6.07, 6.45) is 0. The molecule has 0 amide bonds. The molecule has 0 saturated carbocycles. The molecule has 0 unspecified atom stereocenters. The lowest BCUT2D eigenvalue weighted by Crippen LogP contribution is -2.10. The second kappa shape index (κ2) is 4.13. The normalized spacial score (nSPS) is 10.3. The Hall–Kier alpha value is -0.230. The first-order valence-electron chi connectivity index (χ1n) is 3.43. The summed E-state index contributed by atoms with van der Waals surface area (Å²) < 4.78 is 26.5. The highest BCUT2D eigenvalue weighted by atomic mass is 127. The van der Waals surface area contributed by atoms with E-state index in [4.69, 9.17) is 0 Å². The number of hydrogen-bond donors (Lipinski definition) is 1. The molecule has 1 nitrogen and oxygen atoms in total. The van der Waals surface area contributed by atoms with Crippen molar-refractivity contribution in [3.63, 3.8) is 0 Å². The van der Waals surface area contributed by atoms with Gasteiger partial charge in [-0.25, -0.2) is 8.78 Å². The van der Waals surface area contributed by atoms with Gasteiger partial charge in [-0.2, -0.15) is 0 Å². The molecule has 0 aliphatic rings. The molecule has 0 saturated heterocycles. The van der Waals surface area contributed by atoms with Crippen LogP contribution in [0.2, 0.25) is 0 Å². The number of benzene rings is 1. The molecule has 0 aliphatic carbocycles. The molecule has 1 N–H and O–H groups in total. The molecule has 0 aliphatic heterocycles. The Balaban J connectivity index is 3.14. The van der Waals surface area contributed by atoms with Crippen LogP contribution in [0.1, 0.15) is 5.56 Å². The number of rotatable bonds is 2. The van der Waals surface area contributed by atoms with Gasteiger partial charge in [0.2, 0.25) is 0 Å². The van der Waals surface area contributed by atoms with Crippen LogP contribution in [0.4, 0.5) is 8.78 Å². The van der Waals surface area contributed by atoms with Gasteiger partial charge in [0, 0.05) is 15.7 Å². The summed E-state index contributed by atoms with van der Waals surface area (Å²) in [6, 6.07) is 2.70. The zero-order chi connectivity index (χ0) is 9.14. The molecular formula is C8H8F2IN. The second-order valence-electron chi connectivity index (χ2n) is 2.35. The number of nitrogens with one attached hydrogen (secondary N) is 1. The molecule has 0 bridgehead atoms. The fraction of sp³-hybridized carbons (Fsp3) is 0.250. The maximum absolute atomic E-state index is 13.2. The minimum atomic E-state index is -0.498. The van der Waals surface area contributed by atoms with Gasteiger partial charge >= 0.3 is 0 Å². The zero-order valence-corrected chi connectivity index (χ0v) is 8.65. The highest BCUT2D eigenvalue weighted by Gasteiger charge is 2.10. The maximum Gasteiger partial charge on any atom is 0.143 e. The van der Waals surface area contributed by atoms with Crippen LogP contribution in [0.25, 0.3) is 0 Å². The highest BCUT2D eigenvalue weighted by molar-refractivity contribution is 14.1. The fourth-order valence-electron chi connectivity index (χ4n) is 0.908. The SMILES string of the molecule is CNCc1c(F)ccc(I)c1F. The Morgan fingerprint density at radius 3 is 2.67 bits per heavy atom. The van der Waals surface area contributed by atoms with Crippen LogP contribution >= 0.6 is 22.6 Å². The van der Waals surface area contributed by atoms with E-state index < -0.39 is 11.6 Å². The van der Waals surface area contributed by atoms with Crippen molar-refractivity contribution in [2.75, 3.05) is 7.05 Å². The predicted molar refractivity (Wildman–Crippen MR) is 51.8 cm³/mol. The predicted octanol–water partition coefficient (Wildman–Crippen LogP) is 2.29. The number of hydrogen-bond acceptors (Lipinski definition) is 1. The van der Waals surface area contributed by atoms with Gasteiger partial charge in [-0.1, -0.05) is 0 Å². The third-order valence-corrected chi connectivity index (χ3v) is 2.33. The summed E-state index contributed by atoms with van der Waals surface area (Å²) in [5, 5.41) is 2.71. The smallest absolute Gasteiger partial charge is 0.143 e. The minimum absolute atomic E-state index is 0.101. The number of halogens is 3. The lowest BCUT2D eigenvalue weighted by atomic mass is 10.2. The van der Waals surface area contributed by atoms with Crippen molar-refractivity contribution in [1.29, 1.82) is 0 Å². The maximum atomic E-state index is 13.2. The van der Waals surface area contributed by atoms with E-state index in [1.54, 1.807) is 7.05 Å². The van der Waals surface area contributed by atoms with Crippen LogP contribution in [0, 0.1) is 15.2 Å². The van der Waals surface area contributed by atoms with Crippen molar-refractivity contribution in [3.8, 4) is 0 Å². The van der Waals surface area contributed by atoms with Gasteiger partial charge in [0.05, 0.1) is 0 Å². The van der Waals surface area contributed by atoms with Crippen molar-refractivity contribution in [3.05, 3.63) is 32.9 Å². The van der Waals surface area contributed by atoms with E-state index in [1.165, 1.54) is 12.1 Å². The van der Waals surface area contributed by atoms with E-state index in [-0.39, 0.29) is 12.1 Å². The van der Waals surface area contributed by atoms with Crippen LogP contribution in [0.5, 0.6) is 0 Å². The van der Waals surface area contributed by atoms with E-state index in [0.717, 1.165) is 0 Å². The van der Waals surface area contributed by atoms with Gasteiger partial charge < -0.3 is 5.32 Å². The summed E-state index contributed by atoms with van der Waals surface area (Å²) >= 11 is 1.84. The van der Waals surface area contributed by atoms with E-state index in [1.807, 2.05) is 22.6 Å². The quantitative estimate of drug-likeness (QED) is 0.648. The summed E-state index contributed by atoms with van der Waals surface area (Å²) in [6.45, 7) is 0.217. The summed E-state index contributed by atoms with van der Waals surface area (Å²) in [4.78, 5) is 0. The van der Waals surface area contributed by atoms with Crippen LogP contribution in [-0.4, -0.2) is 7.05 Å². The van der Waals surface area contributed by atoms with E-state index in [2.05, 4.69) is 5.32 Å². The molecular weight excluding hydrogens is 275 g/mol. The molecule has 0 atom stereocenters. The summed E-state index contributed by atoms with van der Waals surface area (Å²) in [5.74, 6) is -0.966. The first kappa shape index (κ1) is 9.85. The summed E-state index contributed by atoms with van der Waals surface area (Å²) in [5.41, 5.74) is 0.101. The van der Waals surface area contributed by atoms with Gasteiger partial charge in [-0.3, -0.25) is 0 Å². The Morgan fingerprint density at radius 1 is 1.42 bits per heavy atom. The lowest BCUT2D eigenvalue weighted by molar-refractivity contribution is 0.541. The van der Waals surface area contributed by atoms with Crippen LogP contribution < -0.4 is 5.32 Å². The molecule has 1 aromatic carbocycles. The minimum Gasteiger partial charge on any atom is -0.315 e. The molecule has 12 heavy (non-hydrogen) atoms. The molecule has 0 heterocycles. The molecule has 0 fully saturated rings. The molecule has 0 radical (unpaired) electrons. The first-order valence-corrected chi connectivity index (χ1v) is 4.51. The highest BCUT2D eigenvalue weighted by Crippen LogP contribution is 2.17. The van der Waals surface area contributed by atoms with Crippen LogP contribution in [0.3, 0.4) is 0 Å². The van der Waals surface area contributed by atoms with Crippen molar-refractivity contribution in [2.24, 2.45) is 0 Å². The zero-order valence-electron chi connectivity index (χ0n) is 6.50. The van der Waals surface area contributed by atoms with Crippen molar-refractivity contribution >= 4 is 22.6 Å². The molecule has 66 valence electrons. The first-order chi connectivity index (χ1) is 5.66. The standard InChI is InChI=1S/C8H8F2IN/c1-12-4-5-6(9)2-3-7(11)8(5)10/h2-3,12H,4H2,1H3. The third kappa shape index (κ3) is 1.92. The third-order valence-electron chi connectivity index (χ3n) is 1.49. The molecule has 1 aromatic rings. The largest absolute Gasteiger partial charge is 0.315 e. The Bertz CT molecular complexity index is 289. The van der Waals surface area contributed by atoms with Crippen molar-refractivity contribution in [1.82, 2.24) is 5.32 Å². The average molecular weight is 283 g/mol. The Labute approximate surface area is 83.3 Å². The second-order valence-corrected chi connectivity index (χ2v) is 3.51. The van der Waals surface area contributed by atoms with Gasteiger partial charge in [-0.05, 0) is 41.8 Å². The van der Waals surface area contributed by atoms with E-state index in [0.29, 0.717) is 3.57 Å². The topological polar surface area (TPSA) is 12.0 Å². The van der Waals surface area contributed by atoms with Gasteiger partial charge in [0.25, 0.3) is 0 Å². The van der Waals surface area contributed by atoms with Crippen LogP contribution in [-0.2, 0) is 6.54 Å². The van der Waals surface area contributed by atoms with E-state index in [9.17, 15) is 8.78 Å². The molecule has 4 heteroatoms. The molecule has 0 spiro atoms. The van der Waals surface area contributed by atoms with Crippen molar-refractivity contribution in [2.45, 2.75) is 6.54 Å². The molecule has 1 rings (SSSR count). The Morgan fingerprint density at radius 2 is 2.08 bits per heavy atom.